The van der Waals surface area contributed by atoms with Crippen LogP contribution in [0.1, 0.15) is 33.6 Å². The van der Waals surface area contributed by atoms with Gasteiger partial charge in [0.05, 0.1) is 4.88 Å². The van der Waals surface area contributed by atoms with Crippen LogP contribution < -0.4 is 0 Å². The van der Waals surface area contributed by atoms with E-state index in [9.17, 15) is 9.59 Å². The quantitative estimate of drug-likeness (QED) is 0.611. The van der Waals surface area contributed by atoms with E-state index in [4.69, 9.17) is 0 Å². The van der Waals surface area contributed by atoms with E-state index in [2.05, 4.69) is 0 Å². The summed E-state index contributed by atoms with van der Waals surface area (Å²) in [5, 5.41) is 1.88. The Morgan fingerprint density at radius 3 is 2.47 bits per heavy atom. The summed E-state index contributed by atoms with van der Waals surface area (Å²) in [7, 11) is 0. The summed E-state index contributed by atoms with van der Waals surface area (Å²) in [5.74, 6) is -0.0915. The summed E-state index contributed by atoms with van der Waals surface area (Å²) in [4.78, 5) is 23.4. The van der Waals surface area contributed by atoms with E-state index in [1.54, 1.807) is 12.1 Å². The molecule has 86 valence electrons. The molecule has 0 N–H and O–H groups in total. The van der Waals surface area contributed by atoms with Gasteiger partial charge in [-0.15, -0.1) is 11.3 Å². The molecule has 2 nitrogen and oxygen atoms in total. The Hall–Kier alpha value is -1.74. The maximum absolute atomic E-state index is 12.0. The molecular weight excluding hydrogens is 232 g/mol. The summed E-state index contributed by atoms with van der Waals surface area (Å²) in [6.45, 7) is 1.84. The van der Waals surface area contributed by atoms with E-state index in [0.717, 1.165) is 16.7 Å². The van der Waals surface area contributed by atoms with Crippen LogP contribution >= 0.6 is 11.3 Å². The van der Waals surface area contributed by atoms with Crippen molar-refractivity contribution in [3.05, 3.63) is 57.8 Å². The van der Waals surface area contributed by atoms with Crippen molar-refractivity contribution >= 4 is 23.4 Å². The highest BCUT2D eigenvalue weighted by Gasteiger charge is 2.10. The van der Waals surface area contributed by atoms with Crippen LogP contribution in [0.5, 0.6) is 0 Å². The van der Waals surface area contributed by atoms with Crippen molar-refractivity contribution in [2.24, 2.45) is 0 Å². The van der Waals surface area contributed by atoms with Gasteiger partial charge in [0, 0.05) is 11.5 Å². The van der Waals surface area contributed by atoms with E-state index in [-0.39, 0.29) is 11.7 Å². The predicted octanol–water partition coefficient (Wildman–Crippen LogP) is 3.28. The van der Waals surface area contributed by atoms with Gasteiger partial charge in [-0.3, -0.25) is 4.79 Å². The second kappa shape index (κ2) is 5.06. The second-order valence-corrected chi connectivity index (χ2v) is 4.80. The summed E-state index contributed by atoms with van der Waals surface area (Å²) in [6.07, 6.45) is 0.899. The summed E-state index contributed by atoms with van der Waals surface area (Å²) >= 11 is 1.44. The van der Waals surface area contributed by atoms with Gasteiger partial charge >= 0.3 is 0 Å². The van der Waals surface area contributed by atoms with Gasteiger partial charge in [-0.1, -0.05) is 37.3 Å². The Morgan fingerprint density at radius 2 is 1.94 bits per heavy atom. The number of benzene rings is 1. The van der Waals surface area contributed by atoms with Gasteiger partial charge in [0.25, 0.3) is 0 Å². The number of aldehydes is 1. The first kappa shape index (κ1) is 11.7. The maximum atomic E-state index is 12.0. The number of carbonyl (C=O) groups is 2. The molecule has 0 unspecified atom stereocenters. The molecule has 2 rings (SSSR count). The van der Waals surface area contributed by atoms with Crippen LogP contribution in [0.4, 0.5) is 0 Å². The number of rotatable bonds is 4. The zero-order chi connectivity index (χ0) is 12.3. The van der Waals surface area contributed by atoms with Crippen LogP contribution in [0.2, 0.25) is 0 Å². The Bertz CT molecular complexity index is 512. The standard InChI is InChI=1S/C14H12O2S/c1-10(9-15)11-4-6-12(7-5-11)14(16)13-3-2-8-17-13/h2-10H,1H3/t10-/m1/s1. The first-order chi connectivity index (χ1) is 8.22. The number of thiophene rings is 1. The lowest BCUT2D eigenvalue weighted by Gasteiger charge is -2.04. The number of carbonyl (C=O) groups excluding carboxylic acids is 2. The minimum Gasteiger partial charge on any atom is -0.303 e. The monoisotopic (exact) mass is 244 g/mol. The number of ketones is 1. The van der Waals surface area contributed by atoms with Gasteiger partial charge in [-0.05, 0) is 17.0 Å². The minimum atomic E-state index is -0.124. The summed E-state index contributed by atoms with van der Waals surface area (Å²) < 4.78 is 0. The third kappa shape index (κ3) is 2.50. The van der Waals surface area contributed by atoms with Crippen LogP contribution in [-0.4, -0.2) is 12.1 Å². The van der Waals surface area contributed by atoms with Crippen LogP contribution in [-0.2, 0) is 4.79 Å². The van der Waals surface area contributed by atoms with Gasteiger partial charge in [-0.2, -0.15) is 0 Å². The van der Waals surface area contributed by atoms with E-state index >= 15 is 0 Å². The van der Waals surface area contributed by atoms with Gasteiger partial charge < -0.3 is 4.79 Å². The zero-order valence-corrected chi connectivity index (χ0v) is 10.2. The molecule has 0 saturated carbocycles. The molecule has 0 fully saturated rings. The lowest BCUT2D eigenvalue weighted by molar-refractivity contribution is -0.108. The van der Waals surface area contributed by atoms with Gasteiger partial charge in [0.15, 0.2) is 0 Å². The fourth-order valence-corrected chi connectivity index (χ4v) is 2.25. The fourth-order valence-electron chi connectivity index (χ4n) is 1.57. The van der Waals surface area contributed by atoms with Crippen molar-refractivity contribution < 1.29 is 9.59 Å². The van der Waals surface area contributed by atoms with Crippen molar-refractivity contribution in [3.8, 4) is 0 Å². The van der Waals surface area contributed by atoms with Gasteiger partial charge in [-0.25, -0.2) is 0 Å². The molecule has 1 aromatic heterocycles. The molecule has 1 heterocycles. The van der Waals surface area contributed by atoms with Crippen molar-refractivity contribution in [1.82, 2.24) is 0 Å². The predicted molar refractivity (Wildman–Crippen MR) is 68.7 cm³/mol. The van der Waals surface area contributed by atoms with Crippen LogP contribution in [0.25, 0.3) is 0 Å². The van der Waals surface area contributed by atoms with E-state index in [0.29, 0.717) is 5.56 Å². The minimum absolute atomic E-state index is 0.0327. The molecule has 17 heavy (non-hydrogen) atoms. The molecule has 0 radical (unpaired) electrons. The smallest absolute Gasteiger partial charge is 0.202 e. The molecule has 0 spiro atoms. The van der Waals surface area contributed by atoms with Crippen molar-refractivity contribution in [2.75, 3.05) is 0 Å². The number of hydrogen-bond acceptors (Lipinski definition) is 3. The fraction of sp³-hybridized carbons (Fsp3) is 0.143. The second-order valence-electron chi connectivity index (χ2n) is 3.85. The average molecular weight is 244 g/mol. The van der Waals surface area contributed by atoms with E-state index in [1.807, 2.05) is 36.6 Å². The average Bonchev–Trinajstić information content (AvgIpc) is 2.91. The molecule has 0 saturated heterocycles. The molecule has 0 aliphatic rings. The van der Waals surface area contributed by atoms with Crippen molar-refractivity contribution in [2.45, 2.75) is 12.8 Å². The molecular formula is C14H12O2S. The van der Waals surface area contributed by atoms with Crippen LogP contribution in [0.15, 0.2) is 41.8 Å². The molecule has 0 bridgehead atoms. The van der Waals surface area contributed by atoms with Crippen LogP contribution in [0.3, 0.4) is 0 Å². The summed E-state index contributed by atoms with van der Waals surface area (Å²) in [6, 6.07) is 10.9. The van der Waals surface area contributed by atoms with Crippen LogP contribution in [0, 0.1) is 0 Å². The number of hydrogen-bond donors (Lipinski definition) is 0. The SMILES string of the molecule is C[C@H](C=O)c1ccc(C(=O)c2cccs2)cc1. The molecule has 0 aliphatic heterocycles. The third-order valence-electron chi connectivity index (χ3n) is 2.65. The normalized spacial score (nSPS) is 12.1. The lowest BCUT2D eigenvalue weighted by atomic mass is 10.00. The molecule has 1 aromatic carbocycles. The van der Waals surface area contributed by atoms with Crippen molar-refractivity contribution in [3.63, 3.8) is 0 Å². The highest BCUT2D eigenvalue weighted by atomic mass is 32.1. The van der Waals surface area contributed by atoms with Gasteiger partial charge in [0.2, 0.25) is 5.78 Å². The maximum Gasteiger partial charge on any atom is 0.202 e. The van der Waals surface area contributed by atoms with Crippen molar-refractivity contribution in [1.29, 1.82) is 0 Å². The topological polar surface area (TPSA) is 34.1 Å². The first-order valence-corrected chi connectivity index (χ1v) is 6.24. The van der Waals surface area contributed by atoms with Gasteiger partial charge in [0.1, 0.15) is 6.29 Å². The Labute approximate surface area is 104 Å². The first-order valence-electron chi connectivity index (χ1n) is 5.36. The molecule has 0 amide bonds. The van der Waals surface area contributed by atoms with E-state index in [1.165, 1.54) is 11.3 Å². The lowest BCUT2D eigenvalue weighted by Crippen LogP contribution is -2.00. The third-order valence-corrected chi connectivity index (χ3v) is 3.52. The summed E-state index contributed by atoms with van der Waals surface area (Å²) in [5.41, 5.74) is 1.59. The zero-order valence-electron chi connectivity index (χ0n) is 9.42. The molecule has 0 aliphatic carbocycles. The van der Waals surface area contributed by atoms with E-state index < -0.39 is 0 Å². The Morgan fingerprint density at radius 1 is 1.24 bits per heavy atom. The Kier molecular flexibility index (Phi) is 3.49. The largest absolute Gasteiger partial charge is 0.303 e. The molecule has 3 heteroatoms. The highest BCUT2D eigenvalue weighted by Crippen LogP contribution is 2.18. The highest BCUT2D eigenvalue weighted by molar-refractivity contribution is 7.12. The Balaban J connectivity index is 2.24. The molecule has 2 aromatic rings. The molecule has 1 atom stereocenters.